The largest absolute Gasteiger partial charge is 0.493 e. The van der Waals surface area contributed by atoms with Crippen molar-refractivity contribution in [2.24, 2.45) is 0 Å². The number of ketones is 1. The lowest BCUT2D eigenvalue weighted by Gasteiger charge is -2.35. The van der Waals surface area contributed by atoms with E-state index in [1.807, 2.05) is 23.6 Å². The van der Waals surface area contributed by atoms with Gasteiger partial charge in [0.2, 0.25) is 0 Å². The number of para-hydroxylation sites is 1. The number of aromatic nitrogens is 2. The summed E-state index contributed by atoms with van der Waals surface area (Å²) in [6, 6.07) is 9.36. The molecule has 9 heteroatoms. The number of anilines is 1. The van der Waals surface area contributed by atoms with E-state index in [9.17, 15) is 14.4 Å². The van der Waals surface area contributed by atoms with Crippen LogP contribution in [0.2, 0.25) is 0 Å². The van der Waals surface area contributed by atoms with Gasteiger partial charge in [0.05, 0.1) is 25.7 Å². The molecule has 0 unspecified atom stereocenters. The Morgan fingerprint density at radius 1 is 1.00 bits per heavy atom. The van der Waals surface area contributed by atoms with E-state index in [0.717, 1.165) is 4.88 Å². The maximum Gasteiger partial charge on any atom is 0.327 e. The lowest BCUT2D eigenvalue weighted by molar-refractivity contribution is -0.116. The number of allylic oxidation sites excluding steroid dienone is 2. The SMILES string of the molecule is COc1cccc([C@H]2C3=C(C[C@H](c4cccs4)CC3=O)Nc3[nH]c(=O)[nH]c(=O)c32)c1OC. The molecule has 1 aliphatic carbocycles. The van der Waals surface area contributed by atoms with Crippen LogP contribution in [0.15, 0.2) is 56.6 Å². The summed E-state index contributed by atoms with van der Waals surface area (Å²) >= 11 is 1.62. The molecule has 3 N–H and O–H groups in total. The zero-order valence-corrected chi connectivity index (χ0v) is 18.3. The Kier molecular flexibility index (Phi) is 4.97. The molecule has 32 heavy (non-hydrogen) atoms. The van der Waals surface area contributed by atoms with Gasteiger partial charge in [0.15, 0.2) is 17.3 Å². The van der Waals surface area contributed by atoms with Crippen molar-refractivity contribution in [2.75, 3.05) is 19.5 Å². The van der Waals surface area contributed by atoms with Crippen LogP contribution in [-0.4, -0.2) is 30.0 Å². The van der Waals surface area contributed by atoms with Crippen molar-refractivity contribution in [3.8, 4) is 11.5 Å². The van der Waals surface area contributed by atoms with Crippen LogP contribution in [0, 0.1) is 0 Å². The number of carbonyl (C=O) groups is 1. The molecule has 2 atom stereocenters. The third-order valence-corrected chi connectivity index (χ3v) is 7.07. The fraction of sp³-hybridized carbons (Fsp3) is 0.261. The fourth-order valence-electron chi connectivity index (χ4n) is 4.72. The van der Waals surface area contributed by atoms with Crippen LogP contribution in [0.3, 0.4) is 0 Å². The molecule has 0 fully saturated rings. The quantitative estimate of drug-likeness (QED) is 0.562. The molecule has 3 aromatic rings. The van der Waals surface area contributed by atoms with Gasteiger partial charge in [-0.15, -0.1) is 11.3 Å². The number of H-pyrrole nitrogens is 2. The highest BCUT2D eigenvalue weighted by Crippen LogP contribution is 2.49. The van der Waals surface area contributed by atoms with Gasteiger partial charge >= 0.3 is 5.69 Å². The third kappa shape index (κ3) is 3.16. The molecular formula is C23H21N3O5S. The Bertz CT molecular complexity index is 1350. The number of Topliss-reactive ketones (excluding diaryl/α,β-unsaturated/α-hetero) is 1. The van der Waals surface area contributed by atoms with Gasteiger partial charge in [-0.25, -0.2) is 4.79 Å². The minimum absolute atomic E-state index is 0.0386. The van der Waals surface area contributed by atoms with Crippen molar-refractivity contribution in [3.63, 3.8) is 0 Å². The van der Waals surface area contributed by atoms with Gasteiger partial charge in [-0.1, -0.05) is 18.2 Å². The van der Waals surface area contributed by atoms with Gasteiger partial charge in [-0.2, -0.15) is 0 Å². The summed E-state index contributed by atoms with van der Waals surface area (Å²) < 4.78 is 11.1. The lowest BCUT2D eigenvalue weighted by atomic mass is 9.73. The third-order valence-electron chi connectivity index (χ3n) is 6.03. The summed E-state index contributed by atoms with van der Waals surface area (Å²) in [5, 5.41) is 5.18. The van der Waals surface area contributed by atoms with Gasteiger partial charge in [0.25, 0.3) is 5.56 Å². The summed E-state index contributed by atoms with van der Waals surface area (Å²) in [7, 11) is 3.05. The maximum atomic E-state index is 13.5. The number of methoxy groups -OCH3 is 2. The van der Waals surface area contributed by atoms with E-state index in [2.05, 4.69) is 15.3 Å². The van der Waals surface area contributed by atoms with Crippen LogP contribution in [-0.2, 0) is 4.79 Å². The van der Waals surface area contributed by atoms with E-state index in [-0.39, 0.29) is 17.3 Å². The summed E-state index contributed by atoms with van der Waals surface area (Å²) in [6.07, 6.45) is 0.943. The molecule has 2 aliphatic rings. The number of ether oxygens (including phenoxy) is 2. The summed E-state index contributed by atoms with van der Waals surface area (Å²) in [5.74, 6) is 0.530. The number of hydrogen-bond acceptors (Lipinski definition) is 7. The zero-order chi connectivity index (χ0) is 22.4. The molecule has 0 saturated carbocycles. The number of thiophene rings is 1. The fourth-order valence-corrected chi connectivity index (χ4v) is 5.56. The molecule has 2 aromatic heterocycles. The van der Waals surface area contributed by atoms with Gasteiger partial charge in [-0.05, 0) is 23.9 Å². The number of carbonyl (C=O) groups excluding carboxylic acids is 1. The molecule has 0 amide bonds. The molecule has 5 rings (SSSR count). The highest BCUT2D eigenvalue weighted by Gasteiger charge is 2.41. The Morgan fingerprint density at radius 2 is 1.84 bits per heavy atom. The van der Waals surface area contributed by atoms with E-state index >= 15 is 0 Å². The minimum atomic E-state index is -0.705. The van der Waals surface area contributed by atoms with E-state index in [1.54, 1.807) is 23.5 Å². The molecule has 0 bridgehead atoms. The number of rotatable bonds is 4. The molecule has 0 saturated heterocycles. The topological polar surface area (TPSA) is 113 Å². The zero-order valence-electron chi connectivity index (χ0n) is 17.5. The predicted octanol–water partition coefficient (Wildman–Crippen LogP) is 3.10. The average Bonchev–Trinajstić information content (AvgIpc) is 3.31. The monoisotopic (exact) mass is 451 g/mol. The maximum absolute atomic E-state index is 13.5. The van der Waals surface area contributed by atoms with E-state index < -0.39 is 17.2 Å². The lowest BCUT2D eigenvalue weighted by Crippen LogP contribution is -2.37. The van der Waals surface area contributed by atoms with Crippen molar-refractivity contribution in [2.45, 2.75) is 24.7 Å². The van der Waals surface area contributed by atoms with E-state index in [1.165, 1.54) is 14.2 Å². The summed E-state index contributed by atoms with van der Waals surface area (Å²) in [4.78, 5) is 44.6. The molecule has 0 radical (unpaired) electrons. The molecule has 1 aromatic carbocycles. The predicted molar refractivity (Wildman–Crippen MR) is 121 cm³/mol. The summed E-state index contributed by atoms with van der Waals surface area (Å²) in [6.45, 7) is 0. The number of fused-ring (bicyclic) bond motifs is 1. The molecule has 164 valence electrons. The van der Waals surface area contributed by atoms with Crippen LogP contribution < -0.4 is 26.0 Å². The standard InChI is InChI=1S/C23H21N3O5S/c1-30-15-6-3-5-12(20(15)31-2)17-18-13(24-21-19(17)22(28)26-23(29)25-21)9-11(10-14(18)27)16-7-4-8-32-16/h3-8,11,17H,9-10H2,1-2H3,(H3,24,25,26,28,29)/t11-,17-/m0/s1. The van der Waals surface area contributed by atoms with Gasteiger partial charge in [0.1, 0.15) is 5.82 Å². The van der Waals surface area contributed by atoms with Crippen molar-refractivity contribution in [1.82, 2.24) is 9.97 Å². The number of nitrogens with one attached hydrogen (secondary N) is 3. The van der Waals surface area contributed by atoms with Crippen molar-refractivity contribution in [1.29, 1.82) is 0 Å². The Balaban J connectivity index is 1.75. The first-order chi connectivity index (χ1) is 15.5. The number of benzene rings is 1. The van der Waals surface area contributed by atoms with Crippen molar-refractivity contribution < 1.29 is 14.3 Å². The first-order valence-electron chi connectivity index (χ1n) is 10.2. The average molecular weight is 452 g/mol. The molecular weight excluding hydrogens is 430 g/mol. The van der Waals surface area contributed by atoms with Crippen molar-refractivity contribution >= 4 is 22.9 Å². The summed E-state index contributed by atoms with van der Waals surface area (Å²) in [5.41, 5.74) is 0.975. The first-order valence-corrected chi connectivity index (χ1v) is 11.0. The number of aromatic amines is 2. The van der Waals surface area contributed by atoms with Gasteiger partial charge in [-0.3, -0.25) is 19.6 Å². The van der Waals surface area contributed by atoms with Gasteiger partial charge in [0, 0.05) is 34.0 Å². The second kappa shape index (κ2) is 7.83. The van der Waals surface area contributed by atoms with Gasteiger partial charge < -0.3 is 14.8 Å². The van der Waals surface area contributed by atoms with Crippen molar-refractivity contribution in [3.05, 3.63) is 83.8 Å². The van der Waals surface area contributed by atoms with Crippen LogP contribution in [0.1, 0.15) is 40.7 Å². The molecule has 1 aliphatic heterocycles. The van der Waals surface area contributed by atoms with Crippen LogP contribution in [0.4, 0.5) is 5.82 Å². The Morgan fingerprint density at radius 3 is 2.56 bits per heavy atom. The van der Waals surface area contributed by atoms with Crippen LogP contribution >= 0.6 is 11.3 Å². The molecule has 3 heterocycles. The van der Waals surface area contributed by atoms with E-state index in [4.69, 9.17) is 9.47 Å². The van der Waals surface area contributed by atoms with Crippen LogP contribution in [0.25, 0.3) is 0 Å². The first kappa shape index (κ1) is 20.3. The smallest absolute Gasteiger partial charge is 0.327 e. The Labute approximate surface area is 186 Å². The minimum Gasteiger partial charge on any atom is -0.493 e. The Hall–Kier alpha value is -3.59. The normalized spacial score (nSPS) is 19.8. The molecule has 8 nitrogen and oxygen atoms in total. The molecule has 0 spiro atoms. The second-order valence-electron chi connectivity index (χ2n) is 7.77. The highest BCUT2D eigenvalue weighted by molar-refractivity contribution is 7.10. The van der Waals surface area contributed by atoms with Crippen LogP contribution in [0.5, 0.6) is 11.5 Å². The number of hydrogen-bond donors (Lipinski definition) is 3. The van der Waals surface area contributed by atoms with E-state index in [0.29, 0.717) is 47.0 Å². The highest BCUT2D eigenvalue weighted by atomic mass is 32.1. The second-order valence-corrected chi connectivity index (χ2v) is 8.75.